The van der Waals surface area contributed by atoms with Crippen molar-refractivity contribution in [3.63, 3.8) is 0 Å². The van der Waals surface area contributed by atoms with E-state index < -0.39 is 29.0 Å². The molecule has 0 aliphatic rings. The third kappa shape index (κ3) is 3.87. The topological polar surface area (TPSA) is 90.0 Å². The van der Waals surface area contributed by atoms with Gasteiger partial charge in [0.1, 0.15) is 4.90 Å². The molecule has 0 aromatic carbocycles. The number of aryl methyl sites for hydroxylation is 1. The molecule has 0 saturated carbocycles. The molecule has 3 N–H and O–H groups in total. The second kappa shape index (κ2) is 5.91. The van der Waals surface area contributed by atoms with Gasteiger partial charge in [-0.15, -0.1) is 12.4 Å². The van der Waals surface area contributed by atoms with Gasteiger partial charge in [0.25, 0.3) is 5.92 Å². The molecule has 1 aromatic rings. The maximum absolute atomic E-state index is 12.8. The van der Waals surface area contributed by atoms with Crippen LogP contribution in [0.5, 0.6) is 0 Å². The van der Waals surface area contributed by atoms with Crippen LogP contribution >= 0.6 is 12.4 Å². The van der Waals surface area contributed by atoms with Crippen molar-refractivity contribution in [1.29, 1.82) is 0 Å². The largest absolute Gasteiger partial charge is 0.325 e. The van der Waals surface area contributed by atoms with Crippen LogP contribution in [0.4, 0.5) is 8.78 Å². The molecule has 18 heavy (non-hydrogen) atoms. The van der Waals surface area contributed by atoms with Gasteiger partial charge in [0, 0.05) is 7.05 Å². The number of rotatable bonds is 5. The van der Waals surface area contributed by atoms with Crippen molar-refractivity contribution in [2.75, 3.05) is 13.1 Å². The predicted molar refractivity (Wildman–Crippen MR) is 64.4 cm³/mol. The average molecular weight is 305 g/mol. The first-order valence-corrected chi connectivity index (χ1v) is 6.24. The standard InChI is InChI=1S/C8H14F2N4O2S.ClH/c1-6-7(3-12-14(6)2)17(15,16)13-5-8(9,10)4-11;/h3,13H,4-5,11H2,1-2H3;1H. The van der Waals surface area contributed by atoms with Crippen molar-refractivity contribution in [3.8, 4) is 0 Å². The Morgan fingerprint density at radius 3 is 2.50 bits per heavy atom. The molecular formula is C8H15ClF2N4O2S. The highest BCUT2D eigenvalue weighted by Gasteiger charge is 2.30. The number of sulfonamides is 1. The van der Waals surface area contributed by atoms with E-state index in [4.69, 9.17) is 5.73 Å². The Balaban J connectivity index is 0.00000289. The van der Waals surface area contributed by atoms with Crippen molar-refractivity contribution in [2.45, 2.75) is 17.7 Å². The summed E-state index contributed by atoms with van der Waals surface area (Å²) in [7, 11) is -2.42. The van der Waals surface area contributed by atoms with E-state index >= 15 is 0 Å². The maximum Gasteiger partial charge on any atom is 0.273 e. The minimum atomic E-state index is -3.98. The van der Waals surface area contributed by atoms with Gasteiger partial charge >= 0.3 is 0 Å². The number of hydrogen-bond acceptors (Lipinski definition) is 4. The van der Waals surface area contributed by atoms with Crippen molar-refractivity contribution >= 4 is 22.4 Å². The maximum atomic E-state index is 12.8. The van der Waals surface area contributed by atoms with Gasteiger partial charge in [0.05, 0.1) is 25.0 Å². The highest BCUT2D eigenvalue weighted by molar-refractivity contribution is 7.89. The summed E-state index contributed by atoms with van der Waals surface area (Å²) in [4.78, 5) is -0.118. The van der Waals surface area contributed by atoms with Crippen molar-refractivity contribution in [3.05, 3.63) is 11.9 Å². The predicted octanol–water partition coefficient (Wildman–Crippen LogP) is 0.0226. The van der Waals surface area contributed by atoms with Gasteiger partial charge in [-0.1, -0.05) is 0 Å². The number of halogens is 3. The molecule has 0 bridgehead atoms. The van der Waals surface area contributed by atoms with Crippen LogP contribution in [0.2, 0.25) is 0 Å². The first-order valence-electron chi connectivity index (χ1n) is 4.76. The SMILES string of the molecule is Cc1c(S(=O)(=O)NCC(F)(F)CN)cnn1C.Cl. The second-order valence-electron chi connectivity index (χ2n) is 3.60. The zero-order chi connectivity index (χ0) is 13.3. The molecule has 0 radical (unpaired) electrons. The third-order valence-corrected chi connectivity index (χ3v) is 3.80. The lowest BCUT2D eigenvalue weighted by atomic mass is 10.3. The van der Waals surface area contributed by atoms with Crippen molar-refractivity contribution in [1.82, 2.24) is 14.5 Å². The molecule has 0 amide bonds. The summed E-state index contributed by atoms with van der Waals surface area (Å²) in [6, 6.07) is 0. The smallest absolute Gasteiger partial charge is 0.273 e. The van der Waals surface area contributed by atoms with Crippen molar-refractivity contribution < 1.29 is 17.2 Å². The van der Waals surface area contributed by atoms with Gasteiger partial charge in [-0.05, 0) is 6.92 Å². The number of nitrogens with zero attached hydrogens (tertiary/aromatic N) is 2. The molecule has 10 heteroatoms. The van der Waals surface area contributed by atoms with E-state index in [2.05, 4.69) is 5.10 Å². The average Bonchev–Trinajstić information content (AvgIpc) is 2.58. The Morgan fingerprint density at radius 1 is 1.56 bits per heavy atom. The van der Waals surface area contributed by atoms with E-state index in [9.17, 15) is 17.2 Å². The zero-order valence-corrected chi connectivity index (χ0v) is 11.5. The third-order valence-electron chi connectivity index (χ3n) is 2.30. The fourth-order valence-electron chi connectivity index (χ4n) is 1.09. The van der Waals surface area contributed by atoms with E-state index in [0.29, 0.717) is 5.69 Å². The molecule has 1 rings (SSSR count). The Labute approximate surface area is 110 Å². The van der Waals surface area contributed by atoms with E-state index in [-0.39, 0.29) is 17.3 Å². The molecule has 106 valence electrons. The van der Waals surface area contributed by atoms with Gasteiger partial charge in [0.2, 0.25) is 10.0 Å². The zero-order valence-electron chi connectivity index (χ0n) is 9.85. The Hall–Kier alpha value is -0.770. The van der Waals surface area contributed by atoms with E-state index in [1.165, 1.54) is 11.6 Å². The fraction of sp³-hybridized carbons (Fsp3) is 0.625. The van der Waals surface area contributed by atoms with Crippen molar-refractivity contribution in [2.24, 2.45) is 12.8 Å². The van der Waals surface area contributed by atoms with Gasteiger partial charge < -0.3 is 5.73 Å². The van der Waals surface area contributed by atoms with Crippen LogP contribution in [0, 0.1) is 6.92 Å². The molecule has 0 spiro atoms. The normalized spacial score (nSPS) is 12.3. The van der Waals surface area contributed by atoms with Gasteiger partial charge in [-0.2, -0.15) is 5.10 Å². The molecular weight excluding hydrogens is 290 g/mol. The van der Waals surface area contributed by atoms with E-state index in [0.717, 1.165) is 6.20 Å². The van der Waals surface area contributed by atoms with Crippen LogP contribution in [0.15, 0.2) is 11.1 Å². The summed E-state index contributed by atoms with van der Waals surface area (Å²) < 4.78 is 52.2. The summed E-state index contributed by atoms with van der Waals surface area (Å²) in [5, 5.41) is 3.73. The molecule has 0 atom stereocenters. The monoisotopic (exact) mass is 304 g/mol. The quantitative estimate of drug-likeness (QED) is 0.802. The highest BCUT2D eigenvalue weighted by Crippen LogP contribution is 2.15. The minimum Gasteiger partial charge on any atom is -0.325 e. The van der Waals surface area contributed by atoms with Crippen LogP contribution < -0.4 is 10.5 Å². The molecule has 0 fully saturated rings. The molecule has 0 aliphatic heterocycles. The summed E-state index contributed by atoms with van der Waals surface area (Å²) >= 11 is 0. The highest BCUT2D eigenvalue weighted by atomic mass is 35.5. The molecule has 0 unspecified atom stereocenters. The van der Waals surface area contributed by atoms with Gasteiger partial charge in [0.15, 0.2) is 0 Å². The lowest BCUT2D eigenvalue weighted by Crippen LogP contribution is -2.41. The molecule has 1 aromatic heterocycles. The van der Waals surface area contributed by atoms with Crippen LogP contribution in [0.1, 0.15) is 5.69 Å². The lowest BCUT2D eigenvalue weighted by molar-refractivity contribution is 0.0170. The van der Waals surface area contributed by atoms with Gasteiger partial charge in [-0.25, -0.2) is 21.9 Å². The number of aromatic nitrogens is 2. The number of nitrogens with one attached hydrogen (secondary N) is 1. The minimum absolute atomic E-state index is 0. The Morgan fingerprint density at radius 2 is 2.11 bits per heavy atom. The van der Waals surface area contributed by atoms with E-state index in [1.807, 2.05) is 4.72 Å². The summed E-state index contributed by atoms with van der Waals surface area (Å²) in [6.45, 7) is -0.412. The molecule has 1 heterocycles. The number of nitrogens with two attached hydrogens (primary N) is 1. The summed E-state index contributed by atoms with van der Waals surface area (Å²) in [5.74, 6) is -3.26. The van der Waals surface area contributed by atoms with Gasteiger partial charge in [-0.3, -0.25) is 4.68 Å². The van der Waals surface area contributed by atoms with Crippen LogP contribution in [-0.2, 0) is 17.1 Å². The Bertz CT molecular complexity index is 503. The lowest BCUT2D eigenvalue weighted by Gasteiger charge is -2.14. The number of alkyl halides is 2. The van der Waals surface area contributed by atoms with Crippen LogP contribution in [0.25, 0.3) is 0 Å². The molecule has 6 nitrogen and oxygen atoms in total. The first kappa shape index (κ1) is 17.2. The molecule has 0 saturated heterocycles. The summed E-state index contributed by atoms with van der Waals surface area (Å²) in [5.41, 5.74) is 5.18. The summed E-state index contributed by atoms with van der Waals surface area (Å²) in [6.07, 6.45) is 1.11. The fourth-order valence-corrected chi connectivity index (χ4v) is 2.36. The second-order valence-corrected chi connectivity index (χ2v) is 5.34. The first-order chi connectivity index (χ1) is 7.69. The Kier molecular flexibility index (Phi) is 5.66. The molecule has 0 aliphatic carbocycles. The van der Waals surface area contributed by atoms with Crippen LogP contribution in [0.3, 0.4) is 0 Å². The van der Waals surface area contributed by atoms with Crippen LogP contribution in [-0.4, -0.2) is 37.2 Å². The van der Waals surface area contributed by atoms with E-state index in [1.54, 1.807) is 7.05 Å². The number of hydrogen-bond donors (Lipinski definition) is 2.